The molecule has 15 heavy (non-hydrogen) atoms. The lowest BCUT2D eigenvalue weighted by Crippen LogP contribution is -1.90. The Morgan fingerprint density at radius 2 is 2.07 bits per heavy atom. The topological polar surface area (TPSA) is 43.1 Å². The molecule has 0 aliphatic rings. The highest BCUT2D eigenvalue weighted by Crippen LogP contribution is 2.05. The predicted molar refractivity (Wildman–Crippen MR) is 56.3 cm³/mol. The van der Waals surface area contributed by atoms with Crippen LogP contribution in [-0.2, 0) is 0 Å². The number of hydrogen-bond acceptors (Lipinski definition) is 3. The first-order chi connectivity index (χ1) is 7.36. The average molecular weight is 199 g/mol. The molecule has 0 bridgehead atoms. The van der Waals surface area contributed by atoms with Crippen LogP contribution in [0.2, 0.25) is 0 Å². The number of rotatable bonds is 3. The zero-order chi connectivity index (χ0) is 10.5. The van der Waals surface area contributed by atoms with Gasteiger partial charge < -0.3 is 4.42 Å². The zero-order valence-corrected chi connectivity index (χ0v) is 7.96. The van der Waals surface area contributed by atoms with Gasteiger partial charge in [-0.3, -0.25) is 9.78 Å². The van der Waals surface area contributed by atoms with Gasteiger partial charge in [0.2, 0.25) is 5.78 Å². The van der Waals surface area contributed by atoms with Gasteiger partial charge in [0.1, 0.15) is 0 Å². The summed E-state index contributed by atoms with van der Waals surface area (Å²) >= 11 is 0. The van der Waals surface area contributed by atoms with Crippen molar-refractivity contribution in [3.05, 3.63) is 60.3 Å². The fraction of sp³-hybridized carbons (Fsp3) is 0. The normalized spacial score (nSPS) is 10.7. The Labute approximate surface area is 87.1 Å². The first kappa shape index (κ1) is 9.40. The van der Waals surface area contributed by atoms with Gasteiger partial charge in [0.05, 0.1) is 6.26 Å². The molecule has 0 saturated heterocycles. The van der Waals surface area contributed by atoms with E-state index in [1.165, 1.54) is 12.3 Å². The molecule has 2 aromatic rings. The van der Waals surface area contributed by atoms with Crippen LogP contribution in [0.25, 0.3) is 6.08 Å². The maximum atomic E-state index is 11.5. The third-order valence-corrected chi connectivity index (χ3v) is 1.90. The number of carbonyl (C=O) groups excluding carboxylic acids is 1. The lowest BCUT2D eigenvalue weighted by atomic mass is 10.2. The lowest BCUT2D eigenvalue weighted by Gasteiger charge is -1.90. The van der Waals surface area contributed by atoms with Crippen LogP contribution in [0.5, 0.6) is 0 Å². The number of allylic oxidation sites excluding steroid dienone is 1. The van der Waals surface area contributed by atoms with Crippen LogP contribution in [0.4, 0.5) is 0 Å². The molecule has 2 heterocycles. The van der Waals surface area contributed by atoms with Gasteiger partial charge in [-0.25, -0.2) is 0 Å². The second-order valence-corrected chi connectivity index (χ2v) is 2.96. The van der Waals surface area contributed by atoms with Crippen LogP contribution in [0.15, 0.2) is 53.4 Å². The van der Waals surface area contributed by atoms with Crippen LogP contribution >= 0.6 is 0 Å². The summed E-state index contributed by atoms with van der Waals surface area (Å²) in [6, 6.07) is 6.98. The third kappa shape index (κ3) is 2.40. The fourth-order valence-corrected chi connectivity index (χ4v) is 1.15. The van der Waals surface area contributed by atoms with E-state index in [1.54, 1.807) is 30.6 Å². The maximum absolute atomic E-state index is 11.5. The Bertz CT molecular complexity index is 458. The molecule has 0 amide bonds. The van der Waals surface area contributed by atoms with Crippen LogP contribution in [-0.4, -0.2) is 10.8 Å². The number of pyridine rings is 1. The van der Waals surface area contributed by atoms with E-state index in [2.05, 4.69) is 4.98 Å². The van der Waals surface area contributed by atoms with Crippen molar-refractivity contribution in [3.8, 4) is 0 Å². The van der Waals surface area contributed by atoms with E-state index in [0.717, 1.165) is 5.56 Å². The van der Waals surface area contributed by atoms with Crippen molar-refractivity contribution in [2.45, 2.75) is 0 Å². The molecule has 0 N–H and O–H groups in total. The van der Waals surface area contributed by atoms with Gasteiger partial charge in [-0.1, -0.05) is 6.08 Å². The molecule has 0 aliphatic carbocycles. The number of aromatic nitrogens is 1. The second kappa shape index (κ2) is 4.37. The van der Waals surface area contributed by atoms with Crippen molar-refractivity contribution in [2.75, 3.05) is 0 Å². The summed E-state index contributed by atoms with van der Waals surface area (Å²) in [4.78, 5) is 15.4. The number of furan rings is 1. The summed E-state index contributed by atoms with van der Waals surface area (Å²) in [6.45, 7) is 0. The molecule has 0 fully saturated rings. The summed E-state index contributed by atoms with van der Waals surface area (Å²) in [6.07, 6.45) is 8.04. The molecule has 2 rings (SSSR count). The SMILES string of the molecule is O=C(/C=C/c1ccncc1)c1ccco1. The Kier molecular flexibility index (Phi) is 2.74. The lowest BCUT2D eigenvalue weighted by molar-refractivity contribution is 0.102. The highest BCUT2D eigenvalue weighted by Gasteiger charge is 2.02. The molecule has 3 nitrogen and oxygen atoms in total. The zero-order valence-electron chi connectivity index (χ0n) is 7.96. The minimum Gasteiger partial charge on any atom is -0.461 e. The van der Waals surface area contributed by atoms with Gasteiger partial charge in [-0.15, -0.1) is 0 Å². The minimum atomic E-state index is -0.142. The van der Waals surface area contributed by atoms with Gasteiger partial charge in [0, 0.05) is 12.4 Å². The number of ketones is 1. The van der Waals surface area contributed by atoms with Crippen molar-refractivity contribution in [3.63, 3.8) is 0 Å². The molecular weight excluding hydrogens is 190 g/mol. The van der Waals surface area contributed by atoms with E-state index in [4.69, 9.17) is 4.42 Å². The smallest absolute Gasteiger partial charge is 0.221 e. The molecule has 0 spiro atoms. The Morgan fingerprint density at radius 3 is 2.73 bits per heavy atom. The van der Waals surface area contributed by atoms with Gasteiger partial charge in [-0.05, 0) is 35.9 Å². The molecule has 0 saturated carbocycles. The average Bonchev–Trinajstić information content (AvgIpc) is 2.81. The van der Waals surface area contributed by atoms with Gasteiger partial charge >= 0.3 is 0 Å². The van der Waals surface area contributed by atoms with Gasteiger partial charge in [0.15, 0.2) is 5.76 Å². The standard InChI is InChI=1S/C12H9NO2/c14-11(12-2-1-9-15-12)4-3-10-5-7-13-8-6-10/h1-9H/b4-3+. The molecule has 0 aromatic carbocycles. The van der Waals surface area contributed by atoms with Crippen LogP contribution < -0.4 is 0 Å². The highest BCUT2D eigenvalue weighted by molar-refractivity contribution is 6.04. The van der Waals surface area contributed by atoms with Crippen LogP contribution in [0.3, 0.4) is 0 Å². The first-order valence-corrected chi connectivity index (χ1v) is 4.52. The molecular formula is C12H9NO2. The van der Waals surface area contributed by atoms with Gasteiger partial charge in [-0.2, -0.15) is 0 Å². The largest absolute Gasteiger partial charge is 0.461 e. The predicted octanol–water partition coefficient (Wildman–Crippen LogP) is 2.57. The molecule has 74 valence electrons. The quantitative estimate of drug-likeness (QED) is 0.563. The molecule has 0 aliphatic heterocycles. The van der Waals surface area contributed by atoms with Crippen molar-refractivity contribution in [1.82, 2.24) is 4.98 Å². The summed E-state index contributed by atoms with van der Waals surface area (Å²) in [5.74, 6) is 0.206. The van der Waals surface area contributed by atoms with Crippen molar-refractivity contribution in [1.29, 1.82) is 0 Å². The van der Waals surface area contributed by atoms with E-state index >= 15 is 0 Å². The third-order valence-electron chi connectivity index (χ3n) is 1.90. The van der Waals surface area contributed by atoms with Crippen LogP contribution in [0, 0.1) is 0 Å². The second-order valence-electron chi connectivity index (χ2n) is 2.96. The van der Waals surface area contributed by atoms with Crippen molar-refractivity contribution in [2.24, 2.45) is 0 Å². The summed E-state index contributed by atoms with van der Waals surface area (Å²) < 4.78 is 4.97. The Balaban J connectivity index is 2.10. The number of hydrogen-bond donors (Lipinski definition) is 0. The first-order valence-electron chi connectivity index (χ1n) is 4.52. The van der Waals surface area contributed by atoms with E-state index in [1.807, 2.05) is 12.1 Å². The van der Waals surface area contributed by atoms with Crippen molar-refractivity contribution >= 4 is 11.9 Å². The maximum Gasteiger partial charge on any atom is 0.221 e. The fourth-order valence-electron chi connectivity index (χ4n) is 1.15. The van der Waals surface area contributed by atoms with E-state index in [9.17, 15) is 4.79 Å². The minimum absolute atomic E-state index is 0.142. The molecule has 0 radical (unpaired) electrons. The molecule has 3 heteroatoms. The Morgan fingerprint density at radius 1 is 1.27 bits per heavy atom. The number of carbonyl (C=O) groups is 1. The summed E-state index contributed by atoms with van der Waals surface area (Å²) in [5.41, 5.74) is 0.935. The summed E-state index contributed by atoms with van der Waals surface area (Å²) in [7, 11) is 0. The highest BCUT2D eigenvalue weighted by atomic mass is 16.3. The molecule has 0 unspecified atom stereocenters. The Hall–Kier alpha value is -2.16. The number of nitrogens with zero attached hydrogens (tertiary/aromatic N) is 1. The monoisotopic (exact) mass is 199 g/mol. The van der Waals surface area contributed by atoms with Crippen molar-refractivity contribution < 1.29 is 9.21 Å². The summed E-state index contributed by atoms with van der Waals surface area (Å²) in [5, 5.41) is 0. The van der Waals surface area contributed by atoms with E-state index in [0.29, 0.717) is 5.76 Å². The molecule has 0 atom stereocenters. The van der Waals surface area contributed by atoms with E-state index < -0.39 is 0 Å². The van der Waals surface area contributed by atoms with Crippen LogP contribution in [0.1, 0.15) is 16.1 Å². The molecule has 2 aromatic heterocycles. The van der Waals surface area contributed by atoms with E-state index in [-0.39, 0.29) is 5.78 Å². The van der Waals surface area contributed by atoms with Gasteiger partial charge in [0.25, 0.3) is 0 Å².